The molecule has 1 aliphatic rings. The predicted octanol–water partition coefficient (Wildman–Crippen LogP) is 5.52. The molecule has 28 heavy (non-hydrogen) atoms. The van der Waals surface area contributed by atoms with Crippen molar-refractivity contribution < 1.29 is 4.90 Å². The Labute approximate surface area is 164 Å². The highest BCUT2D eigenvalue weighted by Crippen LogP contribution is 2.44. The average molecular weight is 360 g/mol. The lowest BCUT2D eigenvalue weighted by atomic mass is 10.0. The van der Waals surface area contributed by atoms with Crippen LogP contribution in [0.15, 0.2) is 103 Å². The van der Waals surface area contributed by atoms with Crippen LogP contribution in [0.2, 0.25) is 0 Å². The van der Waals surface area contributed by atoms with Crippen LogP contribution in [0, 0.1) is 11.3 Å². The number of para-hydroxylation sites is 5. The molecule has 4 aromatic carbocycles. The van der Waals surface area contributed by atoms with Gasteiger partial charge in [0, 0.05) is 30.0 Å². The SMILES string of the molecule is N#Cc1ccc([NH+]2c3ccccc3N(c3ccccc3)c3ccccc32)cc1. The van der Waals surface area contributed by atoms with Gasteiger partial charge in [0.25, 0.3) is 0 Å². The van der Waals surface area contributed by atoms with Crippen molar-refractivity contribution in [3.05, 3.63) is 109 Å². The molecule has 0 amide bonds. The first-order chi connectivity index (χ1) is 13.9. The van der Waals surface area contributed by atoms with Gasteiger partial charge in [-0.15, -0.1) is 0 Å². The maximum absolute atomic E-state index is 9.15. The zero-order valence-electron chi connectivity index (χ0n) is 15.2. The highest BCUT2D eigenvalue weighted by molar-refractivity contribution is 5.89. The molecule has 0 atom stereocenters. The molecule has 3 nitrogen and oxygen atoms in total. The maximum atomic E-state index is 9.15. The number of quaternary nitrogens is 1. The Balaban J connectivity index is 1.76. The highest BCUT2D eigenvalue weighted by Gasteiger charge is 2.34. The van der Waals surface area contributed by atoms with Gasteiger partial charge >= 0.3 is 0 Å². The predicted molar refractivity (Wildman–Crippen MR) is 112 cm³/mol. The second kappa shape index (κ2) is 6.70. The molecule has 0 unspecified atom stereocenters. The van der Waals surface area contributed by atoms with Crippen LogP contribution in [-0.2, 0) is 0 Å². The smallest absolute Gasteiger partial charge is 0.165 e. The van der Waals surface area contributed by atoms with E-state index in [0.717, 1.165) is 22.7 Å². The molecule has 4 aromatic rings. The van der Waals surface area contributed by atoms with Crippen LogP contribution in [-0.4, -0.2) is 0 Å². The van der Waals surface area contributed by atoms with E-state index in [1.807, 2.05) is 30.3 Å². The molecule has 3 heteroatoms. The Morgan fingerprint density at radius 2 is 1.14 bits per heavy atom. The van der Waals surface area contributed by atoms with Gasteiger partial charge in [0.2, 0.25) is 0 Å². The number of fused-ring (bicyclic) bond motifs is 2. The van der Waals surface area contributed by atoms with Crippen molar-refractivity contribution in [1.82, 2.24) is 0 Å². The first-order valence-corrected chi connectivity index (χ1v) is 9.28. The molecule has 5 rings (SSSR count). The van der Waals surface area contributed by atoms with Gasteiger partial charge in [0.05, 0.1) is 11.6 Å². The third kappa shape index (κ3) is 2.56. The minimum absolute atomic E-state index is 0.674. The third-order valence-corrected chi connectivity index (χ3v) is 5.15. The minimum Gasteiger partial charge on any atom is -0.300 e. The van der Waals surface area contributed by atoms with Gasteiger partial charge in [-0.25, -0.2) is 4.90 Å². The molecule has 0 radical (unpaired) electrons. The summed E-state index contributed by atoms with van der Waals surface area (Å²) in [6.45, 7) is 0. The van der Waals surface area contributed by atoms with Gasteiger partial charge in [0.1, 0.15) is 17.1 Å². The van der Waals surface area contributed by atoms with Crippen LogP contribution in [0.25, 0.3) is 0 Å². The Kier molecular flexibility index (Phi) is 3.90. The molecule has 1 aliphatic heterocycles. The molecule has 0 saturated heterocycles. The highest BCUT2D eigenvalue weighted by atomic mass is 15.3. The fourth-order valence-electron chi connectivity index (χ4n) is 3.91. The summed E-state index contributed by atoms with van der Waals surface area (Å²) in [7, 11) is 0. The summed E-state index contributed by atoms with van der Waals surface area (Å²) in [6.07, 6.45) is 0. The van der Waals surface area contributed by atoms with Crippen molar-refractivity contribution in [1.29, 1.82) is 5.26 Å². The normalized spacial score (nSPS) is 12.8. The molecule has 0 aliphatic carbocycles. The molecule has 1 heterocycles. The Morgan fingerprint density at radius 1 is 0.607 bits per heavy atom. The van der Waals surface area contributed by atoms with E-state index in [2.05, 4.69) is 83.8 Å². The Hall–Kier alpha value is -3.87. The lowest BCUT2D eigenvalue weighted by molar-refractivity contribution is -0.681. The lowest BCUT2D eigenvalue weighted by Gasteiger charge is -2.35. The monoisotopic (exact) mass is 360 g/mol. The van der Waals surface area contributed by atoms with Crippen LogP contribution in [0.1, 0.15) is 5.56 Å². The molecule has 0 spiro atoms. The Morgan fingerprint density at radius 3 is 1.71 bits per heavy atom. The number of benzene rings is 4. The van der Waals surface area contributed by atoms with Gasteiger partial charge in [-0.3, -0.25) is 4.90 Å². The molecule has 132 valence electrons. The lowest BCUT2D eigenvalue weighted by Crippen LogP contribution is -2.97. The summed E-state index contributed by atoms with van der Waals surface area (Å²) < 4.78 is 0. The van der Waals surface area contributed by atoms with Crippen LogP contribution in [0.3, 0.4) is 0 Å². The molecule has 0 saturated carbocycles. The van der Waals surface area contributed by atoms with Crippen molar-refractivity contribution in [2.75, 3.05) is 4.90 Å². The quantitative estimate of drug-likeness (QED) is 0.449. The van der Waals surface area contributed by atoms with Gasteiger partial charge in [-0.2, -0.15) is 5.26 Å². The van der Waals surface area contributed by atoms with Crippen molar-refractivity contribution in [3.63, 3.8) is 0 Å². The molecule has 0 bridgehead atoms. The first kappa shape index (κ1) is 16.3. The summed E-state index contributed by atoms with van der Waals surface area (Å²) in [5.41, 5.74) is 7.63. The van der Waals surface area contributed by atoms with Gasteiger partial charge in [0.15, 0.2) is 11.4 Å². The molecular weight excluding hydrogens is 342 g/mol. The number of nitriles is 1. The van der Waals surface area contributed by atoms with Crippen molar-refractivity contribution in [3.8, 4) is 6.07 Å². The minimum atomic E-state index is 0.674. The summed E-state index contributed by atoms with van der Waals surface area (Å²) >= 11 is 0. The van der Waals surface area contributed by atoms with E-state index >= 15 is 0 Å². The summed E-state index contributed by atoms with van der Waals surface area (Å²) in [4.78, 5) is 3.51. The molecule has 1 N–H and O–H groups in total. The van der Waals surface area contributed by atoms with Crippen molar-refractivity contribution in [2.24, 2.45) is 0 Å². The van der Waals surface area contributed by atoms with Crippen LogP contribution >= 0.6 is 0 Å². The van der Waals surface area contributed by atoms with Crippen molar-refractivity contribution in [2.45, 2.75) is 0 Å². The van der Waals surface area contributed by atoms with Gasteiger partial charge in [-0.05, 0) is 36.4 Å². The number of anilines is 3. The number of nitrogens with one attached hydrogen (secondary N) is 1. The Bertz CT molecular complexity index is 1130. The van der Waals surface area contributed by atoms with E-state index in [1.54, 1.807) is 0 Å². The second-order valence-electron chi connectivity index (χ2n) is 6.77. The van der Waals surface area contributed by atoms with E-state index in [1.165, 1.54) is 16.3 Å². The number of nitrogens with zero attached hydrogens (tertiary/aromatic N) is 2. The number of hydrogen-bond donors (Lipinski definition) is 1. The second-order valence-corrected chi connectivity index (χ2v) is 6.77. The summed E-state index contributed by atoms with van der Waals surface area (Å²) in [5, 5.41) is 9.15. The molecule has 0 fully saturated rings. The fraction of sp³-hybridized carbons (Fsp3) is 0. The zero-order chi connectivity index (χ0) is 18.9. The topological polar surface area (TPSA) is 31.5 Å². The number of rotatable bonds is 2. The van der Waals surface area contributed by atoms with Crippen molar-refractivity contribution >= 4 is 34.1 Å². The standard InChI is InChI=1S/C25H17N3/c26-18-19-14-16-21(17-15-19)28-24-12-6-4-10-22(24)27(20-8-2-1-3-9-20)23-11-5-7-13-25(23)28/h1-17H/p+1. The third-order valence-electron chi connectivity index (χ3n) is 5.15. The van der Waals surface area contributed by atoms with Gasteiger partial charge < -0.3 is 0 Å². The van der Waals surface area contributed by atoms with E-state index in [-0.39, 0.29) is 0 Å². The van der Waals surface area contributed by atoms with E-state index in [9.17, 15) is 0 Å². The molecule has 0 aromatic heterocycles. The fourth-order valence-corrected chi connectivity index (χ4v) is 3.91. The van der Waals surface area contributed by atoms with Crippen LogP contribution < -0.4 is 9.80 Å². The van der Waals surface area contributed by atoms with Gasteiger partial charge in [-0.1, -0.05) is 42.5 Å². The zero-order valence-corrected chi connectivity index (χ0v) is 15.2. The van der Waals surface area contributed by atoms with E-state index < -0.39 is 0 Å². The summed E-state index contributed by atoms with van der Waals surface area (Å²) in [5.74, 6) is 0. The van der Waals surface area contributed by atoms with Crippen LogP contribution in [0.4, 0.5) is 34.1 Å². The summed E-state index contributed by atoms with van der Waals surface area (Å²) in [6, 6.07) is 37.5. The first-order valence-electron chi connectivity index (χ1n) is 9.28. The number of hydrogen-bond acceptors (Lipinski definition) is 2. The van der Waals surface area contributed by atoms with E-state index in [4.69, 9.17) is 5.26 Å². The van der Waals surface area contributed by atoms with E-state index in [0.29, 0.717) is 5.56 Å². The molecular formula is C25H18N3+. The average Bonchev–Trinajstić information content (AvgIpc) is 2.78. The maximum Gasteiger partial charge on any atom is 0.165 e. The van der Waals surface area contributed by atoms with Crippen LogP contribution in [0.5, 0.6) is 0 Å². The largest absolute Gasteiger partial charge is 0.300 e.